The number of nitrogens with one attached hydrogen (secondary N) is 1. The van der Waals surface area contributed by atoms with Gasteiger partial charge in [0.25, 0.3) is 5.69 Å². The fourth-order valence-corrected chi connectivity index (χ4v) is 1.47. The Hall–Kier alpha value is -2.84. The molecule has 1 rings (SSSR count). The summed E-state index contributed by atoms with van der Waals surface area (Å²) >= 11 is 0. The first-order chi connectivity index (χ1) is 9.85. The number of hydrogen-bond donors (Lipinski definition) is 2. The molecule has 0 bridgehead atoms. The Morgan fingerprint density at radius 2 is 2.14 bits per heavy atom. The van der Waals surface area contributed by atoms with E-state index in [-0.39, 0.29) is 30.1 Å². The van der Waals surface area contributed by atoms with Crippen LogP contribution in [-0.2, 0) is 4.79 Å². The van der Waals surface area contributed by atoms with E-state index in [4.69, 9.17) is 9.84 Å². The molecule has 0 unspecified atom stereocenters. The van der Waals surface area contributed by atoms with Gasteiger partial charge in [-0.25, -0.2) is 4.79 Å². The molecule has 0 heterocycles. The van der Waals surface area contributed by atoms with Gasteiger partial charge in [0.2, 0.25) is 0 Å². The number of aliphatic carboxylic acids is 1. The highest BCUT2D eigenvalue weighted by atomic mass is 16.6. The molecular formula is C12H15N3O6. The molecule has 1 aromatic rings. The molecular weight excluding hydrogens is 282 g/mol. The molecule has 0 aliphatic carbocycles. The van der Waals surface area contributed by atoms with Gasteiger partial charge in [0, 0.05) is 19.7 Å². The number of carboxylic acids is 1. The zero-order valence-electron chi connectivity index (χ0n) is 11.5. The quantitative estimate of drug-likeness (QED) is 0.606. The molecule has 9 nitrogen and oxygen atoms in total. The number of rotatable bonds is 6. The van der Waals surface area contributed by atoms with Crippen molar-refractivity contribution in [3.05, 3.63) is 28.3 Å². The molecule has 0 fully saturated rings. The van der Waals surface area contributed by atoms with Crippen molar-refractivity contribution in [2.24, 2.45) is 0 Å². The summed E-state index contributed by atoms with van der Waals surface area (Å²) in [6.45, 7) is 0.0382. The van der Waals surface area contributed by atoms with E-state index in [1.165, 1.54) is 37.3 Å². The summed E-state index contributed by atoms with van der Waals surface area (Å²) in [6.07, 6.45) is -0.179. The van der Waals surface area contributed by atoms with Gasteiger partial charge in [-0.1, -0.05) is 0 Å². The Kier molecular flexibility index (Phi) is 5.47. The van der Waals surface area contributed by atoms with Crippen LogP contribution in [0.25, 0.3) is 0 Å². The number of carbonyl (C=O) groups is 2. The van der Waals surface area contributed by atoms with Crippen LogP contribution in [0.1, 0.15) is 6.42 Å². The monoisotopic (exact) mass is 297 g/mol. The Morgan fingerprint density at radius 3 is 2.67 bits per heavy atom. The Labute approximate surface area is 120 Å². The van der Waals surface area contributed by atoms with Crippen molar-refractivity contribution in [1.29, 1.82) is 0 Å². The van der Waals surface area contributed by atoms with E-state index in [1.807, 2.05) is 0 Å². The predicted octanol–water partition coefficient (Wildman–Crippen LogP) is 1.54. The van der Waals surface area contributed by atoms with E-state index in [0.29, 0.717) is 0 Å². The lowest BCUT2D eigenvalue weighted by atomic mass is 10.2. The minimum Gasteiger partial charge on any atom is -0.494 e. The van der Waals surface area contributed by atoms with Crippen molar-refractivity contribution in [1.82, 2.24) is 4.90 Å². The zero-order valence-corrected chi connectivity index (χ0v) is 11.5. The molecule has 0 radical (unpaired) electrons. The van der Waals surface area contributed by atoms with Gasteiger partial charge in [0.05, 0.1) is 30.2 Å². The Morgan fingerprint density at radius 1 is 1.48 bits per heavy atom. The van der Waals surface area contributed by atoms with Crippen LogP contribution in [-0.4, -0.2) is 47.6 Å². The van der Waals surface area contributed by atoms with Crippen molar-refractivity contribution in [2.75, 3.05) is 26.0 Å². The summed E-state index contributed by atoms with van der Waals surface area (Å²) in [6, 6.07) is 3.23. The molecule has 0 aliphatic heterocycles. The second-order valence-corrected chi connectivity index (χ2v) is 4.14. The molecule has 0 spiro atoms. The number of nitrogens with zero attached hydrogens (tertiary/aromatic N) is 2. The molecule has 1 aromatic carbocycles. The maximum atomic E-state index is 11.8. The first-order valence-electron chi connectivity index (χ1n) is 5.91. The van der Waals surface area contributed by atoms with E-state index in [2.05, 4.69) is 5.32 Å². The first kappa shape index (κ1) is 16.2. The van der Waals surface area contributed by atoms with Crippen molar-refractivity contribution in [3.63, 3.8) is 0 Å². The number of non-ortho nitro benzene ring substituents is 1. The summed E-state index contributed by atoms with van der Waals surface area (Å²) in [4.78, 5) is 33.6. The van der Waals surface area contributed by atoms with Gasteiger partial charge in [0.15, 0.2) is 0 Å². The van der Waals surface area contributed by atoms with Crippen LogP contribution in [0.3, 0.4) is 0 Å². The van der Waals surface area contributed by atoms with Gasteiger partial charge < -0.3 is 20.1 Å². The Balaban J connectivity index is 2.80. The average Bonchev–Trinajstić information content (AvgIpc) is 2.44. The number of methoxy groups -OCH3 is 1. The van der Waals surface area contributed by atoms with Gasteiger partial charge in [-0.05, 0) is 6.07 Å². The highest BCUT2D eigenvalue weighted by Gasteiger charge is 2.15. The summed E-state index contributed by atoms with van der Waals surface area (Å²) in [7, 11) is 2.76. The zero-order chi connectivity index (χ0) is 16.0. The number of ether oxygens (including phenoxy) is 1. The highest BCUT2D eigenvalue weighted by Crippen LogP contribution is 2.29. The van der Waals surface area contributed by atoms with Crippen molar-refractivity contribution in [2.45, 2.75) is 6.42 Å². The van der Waals surface area contributed by atoms with Gasteiger partial charge in [-0.3, -0.25) is 14.9 Å². The minimum absolute atomic E-state index is 0.0382. The van der Waals surface area contributed by atoms with Crippen molar-refractivity contribution >= 4 is 23.4 Å². The third-order valence-electron chi connectivity index (χ3n) is 2.65. The van der Waals surface area contributed by atoms with Crippen LogP contribution in [0.15, 0.2) is 18.2 Å². The number of carbonyl (C=O) groups excluding carboxylic acids is 1. The van der Waals surface area contributed by atoms with E-state index in [1.54, 1.807) is 0 Å². The molecule has 2 N–H and O–H groups in total. The smallest absolute Gasteiger partial charge is 0.321 e. The lowest BCUT2D eigenvalue weighted by Gasteiger charge is -2.18. The molecule has 0 aromatic heterocycles. The number of carboxylic acid groups (broad SMARTS) is 1. The number of anilines is 1. The SMILES string of the molecule is COc1cc([N+](=O)[O-])ccc1NC(=O)N(C)CCC(=O)O. The van der Waals surface area contributed by atoms with E-state index in [0.717, 1.165) is 0 Å². The molecule has 9 heteroatoms. The van der Waals surface area contributed by atoms with Gasteiger partial charge in [-0.2, -0.15) is 0 Å². The lowest BCUT2D eigenvalue weighted by Crippen LogP contribution is -2.33. The van der Waals surface area contributed by atoms with Crippen molar-refractivity contribution in [3.8, 4) is 5.75 Å². The number of nitro benzene ring substituents is 1. The number of nitro groups is 1. The largest absolute Gasteiger partial charge is 0.494 e. The van der Waals surface area contributed by atoms with Crippen LogP contribution < -0.4 is 10.1 Å². The van der Waals surface area contributed by atoms with E-state index >= 15 is 0 Å². The van der Waals surface area contributed by atoms with Gasteiger partial charge in [0.1, 0.15) is 5.75 Å². The molecule has 21 heavy (non-hydrogen) atoms. The first-order valence-corrected chi connectivity index (χ1v) is 5.91. The summed E-state index contributed by atoms with van der Waals surface area (Å²) in [5, 5.41) is 21.7. The topological polar surface area (TPSA) is 122 Å². The maximum Gasteiger partial charge on any atom is 0.321 e. The number of amides is 2. The van der Waals surface area contributed by atoms with E-state index in [9.17, 15) is 19.7 Å². The number of urea groups is 1. The van der Waals surface area contributed by atoms with Crippen LogP contribution in [0.5, 0.6) is 5.75 Å². The fraction of sp³-hybridized carbons (Fsp3) is 0.333. The minimum atomic E-state index is -1.01. The van der Waals surface area contributed by atoms with Gasteiger partial charge in [-0.15, -0.1) is 0 Å². The molecule has 0 saturated heterocycles. The summed E-state index contributed by atoms with van der Waals surface area (Å²) in [5.74, 6) is -0.869. The fourth-order valence-electron chi connectivity index (χ4n) is 1.47. The molecule has 0 atom stereocenters. The van der Waals surface area contributed by atoms with Crippen LogP contribution in [0.4, 0.5) is 16.2 Å². The molecule has 0 aliphatic rings. The van der Waals surface area contributed by atoms with Gasteiger partial charge >= 0.3 is 12.0 Å². The third-order valence-corrected chi connectivity index (χ3v) is 2.65. The van der Waals surface area contributed by atoms with E-state index < -0.39 is 16.9 Å². The molecule has 114 valence electrons. The van der Waals surface area contributed by atoms with Crippen LogP contribution >= 0.6 is 0 Å². The average molecular weight is 297 g/mol. The lowest BCUT2D eigenvalue weighted by molar-refractivity contribution is -0.384. The number of benzene rings is 1. The maximum absolute atomic E-state index is 11.8. The second kappa shape index (κ2) is 7.08. The highest BCUT2D eigenvalue weighted by molar-refractivity contribution is 5.91. The summed E-state index contributed by atoms with van der Waals surface area (Å²) in [5.41, 5.74) is 0.0966. The Bertz CT molecular complexity index is 560. The molecule has 0 saturated carbocycles. The van der Waals surface area contributed by atoms with Crippen LogP contribution in [0, 0.1) is 10.1 Å². The predicted molar refractivity (Wildman–Crippen MR) is 73.5 cm³/mol. The standard InChI is InChI=1S/C12H15N3O6/c1-14(6-5-11(16)17)12(18)13-9-4-3-8(15(19)20)7-10(9)21-2/h3-4,7H,5-6H2,1-2H3,(H,13,18)(H,16,17). The second-order valence-electron chi connectivity index (χ2n) is 4.14. The number of hydrogen-bond acceptors (Lipinski definition) is 5. The third kappa shape index (κ3) is 4.64. The summed E-state index contributed by atoms with van der Waals surface area (Å²) < 4.78 is 4.98. The van der Waals surface area contributed by atoms with Crippen LogP contribution in [0.2, 0.25) is 0 Å². The van der Waals surface area contributed by atoms with Crippen molar-refractivity contribution < 1.29 is 24.4 Å². The normalized spacial score (nSPS) is 9.81. The molecule has 2 amide bonds.